The van der Waals surface area contributed by atoms with Crippen LogP contribution in [0.4, 0.5) is 5.88 Å². The van der Waals surface area contributed by atoms with Crippen molar-refractivity contribution in [3.63, 3.8) is 0 Å². The molecule has 2 rings (SSSR count). The quantitative estimate of drug-likeness (QED) is 0.475. The second kappa shape index (κ2) is 10.4. The summed E-state index contributed by atoms with van der Waals surface area (Å²) in [7, 11) is 0. The van der Waals surface area contributed by atoms with E-state index in [1.165, 1.54) is 13.8 Å². The van der Waals surface area contributed by atoms with Crippen molar-refractivity contribution in [3.05, 3.63) is 46.2 Å². The van der Waals surface area contributed by atoms with Gasteiger partial charge in [-0.2, -0.15) is 0 Å². The third-order valence-electron chi connectivity index (χ3n) is 4.28. The molecule has 1 aromatic carbocycles. The van der Waals surface area contributed by atoms with Gasteiger partial charge in [-0.3, -0.25) is 14.9 Å². The second-order valence-corrected chi connectivity index (χ2v) is 6.73. The number of furan rings is 1. The van der Waals surface area contributed by atoms with Crippen molar-refractivity contribution in [2.75, 3.05) is 25.1 Å². The molecule has 0 unspecified atom stereocenters. The molecule has 0 fully saturated rings. The highest BCUT2D eigenvalue weighted by Crippen LogP contribution is 2.28. The molecule has 166 valence electrons. The maximum absolute atomic E-state index is 12.2. The molecule has 9 heteroatoms. The molecule has 0 spiro atoms. The van der Waals surface area contributed by atoms with Gasteiger partial charge < -0.3 is 18.6 Å². The van der Waals surface area contributed by atoms with Crippen molar-refractivity contribution in [2.45, 2.75) is 34.6 Å². The number of hydrogen-bond donors (Lipinski definition) is 1. The monoisotopic (exact) mass is 431 g/mol. The number of esters is 2. The van der Waals surface area contributed by atoms with Crippen LogP contribution >= 0.6 is 0 Å². The number of rotatable bonds is 9. The first-order valence-corrected chi connectivity index (χ1v) is 9.61. The summed E-state index contributed by atoms with van der Waals surface area (Å²) >= 11 is 0. The molecule has 1 aromatic heterocycles. The van der Waals surface area contributed by atoms with Gasteiger partial charge in [0.2, 0.25) is 5.88 Å². The van der Waals surface area contributed by atoms with Gasteiger partial charge in [0.1, 0.15) is 17.1 Å². The molecular weight excluding hydrogens is 406 g/mol. The predicted molar refractivity (Wildman–Crippen MR) is 110 cm³/mol. The van der Waals surface area contributed by atoms with Crippen molar-refractivity contribution in [1.82, 2.24) is 0 Å². The zero-order valence-electron chi connectivity index (χ0n) is 18.1. The Kier molecular flexibility index (Phi) is 7.95. The van der Waals surface area contributed by atoms with E-state index in [2.05, 4.69) is 5.32 Å². The van der Waals surface area contributed by atoms with Crippen LogP contribution in [-0.4, -0.2) is 43.4 Å². The number of carbonyl (C=O) groups excluding carboxylic acids is 4. The van der Waals surface area contributed by atoms with Crippen molar-refractivity contribution in [3.8, 4) is 5.75 Å². The Labute approximate surface area is 179 Å². The van der Waals surface area contributed by atoms with E-state index in [-0.39, 0.29) is 36.0 Å². The molecule has 0 saturated carbocycles. The average Bonchev–Trinajstić information content (AvgIpc) is 3.02. The molecule has 1 heterocycles. The highest BCUT2D eigenvalue weighted by molar-refractivity contribution is 6.10. The van der Waals surface area contributed by atoms with E-state index in [0.717, 1.165) is 11.1 Å². The van der Waals surface area contributed by atoms with Crippen molar-refractivity contribution < 1.29 is 37.8 Å². The molecule has 1 N–H and O–H groups in total. The molecule has 31 heavy (non-hydrogen) atoms. The summed E-state index contributed by atoms with van der Waals surface area (Å²) in [5.74, 6) is -2.23. The van der Waals surface area contributed by atoms with E-state index < -0.39 is 30.2 Å². The SMILES string of the molecule is CCOC(=O)c1c(NC(=O)COC(=O)COc2c(C)cccc2C)oc(C)c1C(C)=O. The number of hydrogen-bond acceptors (Lipinski definition) is 8. The van der Waals surface area contributed by atoms with Gasteiger partial charge in [0, 0.05) is 0 Å². The number of benzene rings is 1. The zero-order chi connectivity index (χ0) is 23.1. The third kappa shape index (κ3) is 5.94. The van der Waals surface area contributed by atoms with Crippen LogP contribution in [0.2, 0.25) is 0 Å². The number of ether oxygens (including phenoxy) is 3. The molecule has 0 aliphatic rings. The van der Waals surface area contributed by atoms with Gasteiger partial charge in [0.15, 0.2) is 19.0 Å². The fraction of sp³-hybridized carbons (Fsp3) is 0.364. The first-order chi connectivity index (χ1) is 14.6. The van der Waals surface area contributed by atoms with Crippen LogP contribution in [-0.2, 0) is 19.1 Å². The van der Waals surface area contributed by atoms with Crippen LogP contribution < -0.4 is 10.1 Å². The number of Topliss-reactive ketones (excluding diaryl/α,β-unsaturated/α-hetero) is 1. The lowest BCUT2D eigenvalue weighted by Crippen LogP contribution is -2.24. The summed E-state index contributed by atoms with van der Waals surface area (Å²) in [4.78, 5) is 48.3. The van der Waals surface area contributed by atoms with Gasteiger partial charge in [-0.15, -0.1) is 0 Å². The lowest BCUT2D eigenvalue weighted by Gasteiger charge is -2.11. The highest BCUT2D eigenvalue weighted by atomic mass is 16.6. The topological polar surface area (TPSA) is 121 Å². The maximum Gasteiger partial charge on any atom is 0.344 e. The summed E-state index contributed by atoms with van der Waals surface area (Å²) < 4.78 is 20.7. The van der Waals surface area contributed by atoms with Gasteiger partial charge in [-0.05, 0) is 45.7 Å². The number of carbonyl (C=O) groups is 4. The molecule has 0 aliphatic carbocycles. The smallest absolute Gasteiger partial charge is 0.344 e. The van der Waals surface area contributed by atoms with Crippen LogP contribution in [0, 0.1) is 20.8 Å². The Bertz CT molecular complexity index is 985. The average molecular weight is 431 g/mol. The Balaban J connectivity index is 1.99. The molecule has 1 amide bonds. The summed E-state index contributed by atoms with van der Waals surface area (Å²) in [5.41, 5.74) is 1.58. The number of amides is 1. The van der Waals surface area contributed by atoms with Crippen molar-refractivity contribution in [1.29, 1.82) is 0 Å². The number of aryl methyl sites for hydroxylation is 3. The van der Waals surface area contributed by atoms with Crippen LogP contribution in [0.5, 0.6) is 5.75 Å². The normalized spacial score (nSPS) is 10.4. The molecule has 2 aromatic rings. The number of nitrogens with one attached hydrogen (secondary N) is 1. The minimum Gasteiger partial charge on any atom is -0.481 e. The molecular formula is C22H25NO8. The minimum absolute atomic E-state index is 0.0211. The van der Waals surface area contributed by atoms with E-state index in [4.69, 9.17) is 18.6 Å². The van der Waals surface area contributed by atoms with Gasteiger partial charge in [-0.25, -0.2) is 9.59 Å². The minimum atomic E-state index is -0.807. The third-order valence-corrected chi connectivity index (χ3v) is 4.28. The van der Waals surface area contributed by atoms with E-state index in [0.29, 0.717) is 5.75 Å². The standard InChI is InChI=1S/C22H25NO8/c1-6-28-22(27)19-18(14(4)24)15(5)31-21(19)23-16(25)10-29-17(26)11-30-20-12(2)8-7-9-13(20)3/h7-9H,6,10-11H2,1-5H3,(H,23,25). The zero-order valence-corrected chi connectivity index (χ0v) is 18.1. The number of anilines is 1. The van der Waals surface area contributed by atoms with Crippen molar-refractivity contribution in [2.24, 2.45) is 0 Å². The Hall–Kier alpha value is -3.62. The summed E-state index contributed by atoms with van der Waals surface area (Å²) in [6.07, 6.45) is 0. The van der Waals surface area contributed by atoms with Gasteiger partial charge in [0.25, 0.3) is 5.91 Å². The van der Waals surface area contributed by atoms with Crippen LogP contribution in [0.15, 0.2) is 22.6 Å². The van der Waals surface area contributed by atoms with E-state index >= 15 is 0 Å². The summed E-state index contributed by atoms with van der Waals surface area (Å²) in [6.45, 7) is 7.13. The second-order valence-electron chi connectivity index (χ2n) is 6.73. The largest absolute Gasteiger partial charge is 0.481 e. The van der Waals surface area contributed by atoms with Crippen molar-refractivity contribution >= 4 is 29.5 Å². The fourth-order valence-electron chi connectivity index (χ4n) is 2.96. The fourth-order valence-corrected chi connectivity index (χ4v) is 2.96. The molecule has 0 saturated heterocycles. The van der Waals surface area contributed by atoms with Crippen LogP contribution in [0.1, 0.15) is 51.5 Å². The van der Waals surface area contributed by atoms with Gasteiger partial charge in [-0.1, -0.05) is 18.2 Å². The first-order valence-electron chi connectivity index (χ1n) is 9.61. The Morgan fingerprint density at radius 3 is 2.19 bits per heavy atom. The Morgan fingerprint density at radius 2 is 1.61 bits per heavy atom. The molecule has 9 nitrogen and oxygen atoms in total. The summed E-state index contributed by atoms with van der Waals surface area (Å²) in [6, 6.07) is 5.57. The van der Waals surface area contributed by atoms with Gasteiger partial charge >= 0.3 is 11.9 Å². The van der Waals surface area contributed by atoms with Crippen LogP contribution in [0.25, 0.3) is 0 Å². The van der Waals surface area contributed by atoms with Crippen LogP contribution in [0.3, 0.4) is 0 Å². The number of para-hydroxylation sites is 1. The van der Waals surface area contributed by atoms with E-state index in [9.17, 15) is 19.2 Å². The first kappa shape index (κ1) is 23.7. The van der Waals surface area contributed by atoms with Gasteiger partial charge in [0.05, 0.1) is 12.2 Å². The highest BCUT2D eigenvalue weighted by Gasteiger charge is 2.28. The molecule has 0 atom stereocenters. The molecule has 0 aliphatic heterocycles. The number of ketones is 1. The lowest BCUT2D eigenvalue weighted by atomic mass is 10.1. The molecule has 0 radical (unpaired) electrons. The lowest BCUT2D eigenvalue weighted by molar-refractivity contribution is -0.149. The van der Waals surface area contributed by atoms with E-state index in [1.54, 1.807) is 6.92 Å². The molecule has 0 bridgehead atoms. The summed E-state index contributed by atoms with van der Waals surface area (Å²) in [5, 5.41) is 2.34. The van der Waals surface area contributed by atoms with E-state index in [1.807, 2.05) is 32.0 Å². The Morgan fingerprint density at radius 1 is 0.968 bits per heavy atom. The predicted octanol–water partition coefficient (Wildman–Crippen LogP) is 3.14. The maximum atomic E-state index is 12.2.